The molecule has 0 aromatic carbocycles. The third-order valence-electron chi connectivity index (χ3n) is 2.00. The van der Waals surface area contributed by atoms with Gasteiger partial charge < -0.3 is 35.5 Å². The molecule has 0 N–H and O–H groups in total. The zero-order valence-electron chi connectivity index (χ0n) is 9.82. The van der Waals surface area contributed by atoms with Crippen LogP contribution in [0.3, 0.4) is 0 Å². The Morgan fingerprint density at radius 2 is 1.94 bits per heavy atom. The average molecular weight is 345 g/mol. The van der Waals surface area contributed by atoms with Crippen molar-refractivity contribution >= 4 is 25.3 Å². The summed E-state index contributed by atoms with van der Waals surface area (Å²) in [7, 11) is 0. The number of hydrogen-bond donors (Lipinski definition) is 0. The number of hydrogen-bond acceptors (Lipinski definition) is 4. The molecule has 0 aromatic heterocycles. The predicted molar refractivity (Wildman–Crippen MR) is 69.2 cm³/mol. The minimum absolute atomic E-state index is 0.530. The van der Waals surface area contributed by atoms with Gasteiger partial charge in [0, 0.05) is 6.04 Å². The zero-order valence-corrected chi connectivity index (χ0v) is 13.3. The number of nitrogens with zero attached hydrogens (tertiary/aromatic N) is 2. The van der Waals surface area contributed by atoms with Crippen molar-refractivity contribution < 1.29 is 22.4 Å². The Morgan fingerprint density at radius 1 is 1.38 bits per heavy atom. The normalized spacial score (nSPS) is 10.0. The van der Waals surface area contributed by atoms with Crippen LogP contribution < -0.4 is 0 Å². The Kier molecular flexibility index (Phi) is 16.3. The summed E-state index contributed by atoms with van der Waals surface area (Å²) in [4.78, 5) is 2.33. The molecule has 0 amide bonds. The molecule has 0 saturated heterocycles. The Hall–Kier alpha value is 0.649. The van der Waals surface area contributed by atoms with Crippen molar-refractivity contribution in [2.24, 2.45) is 0 Å². The van der Waals surface area contributed by atoms with E-state index in [2.05, 4.69) is 30.6 Å². The Bertz CT molecular complexity index is 182. The SMILES string of the molecule is C=C(C[S-])[N-]CCN(CC[S-])C(C)C.[O]=[Tc+4]. The average Bonchev–Trinajstić information content (AvgIpc) is 2.30. The standard InChI is InChI=1S/C10H21N2S2.O.Tc/c1-9(2)12(6-7-13)5-4-11-10(3)8-14;;/h9,13-14H,3-8H2,1-2H3;;/q-1;;+4/p-2. The summed E-state index contributed by atoms with van der Waals surface area (Å²) in [6.45, 7) is 10.8. The van der Waals surface area contributed by atoms with Crippen molar-refractivity contribution in [3.63, 3.8) is 0 Å². The summed E-state index contributed by atoms with van der Waals surface area (Å²) >= 11 is 10.7. The molecule has 16 heavy (non-hydrogen) atoms. The topological polar surface area (TPSA) is 34.4 Å². The fourth-order valence-corrected chi connectivity index (χ4v) is 1.45. The van der Waals surface area contributed by atoms with Crippen LogP contribution in [0.15, 0.2) is 12.3 Å². The maximum atomic E-state index is 8.22. The van der Waals surface area contributed by atoms with E-state index < -0.39 is 0 Å². The Morgan fingerprint density at radius 3 is 2.31 bits per heavy atom. The summed E-state index contributed by atoms with van der Waals surface area (Å²) in [5, 5.41) is 4.27. The van der Waals surface area contributed by atoms with Gasteiger partial charge in [-0.3, -0.25) is 0 Å². The van der Waals surface area contributed by atoms with Gasteiger partial charge in [-0.05, 0) is 26.9 Å². The first-order chi connectivity index (χ1) is 7.61. The number of rotatable bonds is 8. The van der Waals surface area contributed by atoms with Crippen LogP contribution in [0.5, 0.6) is 0 Å². The molecule has 0 aliphatic carbocycles. The molecule has 0 rings (SSSR count). The van der Waals surface area contributed by atoms with Gasteiger partial charge >= 0.3 is 22.4 Å². The Balaban J connectivity index is 0. The van der Waals surface area contributed by atoms with Crippen LogP contribution in [-0.4, -0.2) is 42.1 Å². The van der Waals surface area contributed by atoms with E-state index in [9.17, 15) is 0 Å². The fourth-order valence-electron chi connectivity index (χ4n) is 1.13. The van der Waals surface area contributed by atoms with E-state index in [0.717, 1.165) is 49.9 Å². The molecule has 0 spiro atoms. The Labute approximate surface area is 121 Å². The minimum atomic E-state index is 0.530. The first kappa shape index (κ1) is 19.0. The van der Waals surface area contributed by atoms with Gasteiger partial charge in [-0.2, -0.15) is 17.2 Å². The van der Waals surface area contributed by atoms with Crippen LogP contribution in [0.2, 0.25) is 0 Å². The van der Waals surface area contributed by atoms with Gasteiger partial charge in [0.2, 0.25) is 0 Å². The van der Waals surface area contributed by atoms with Gasteiger partial charge in [0.15, 0.2) is 0 Å². The summed E-state index contributed by atoms with van der Waals surface area (Å²) in [5.74, 6) is 1.31. The molecule has 93 valence electrons. The van der Waals surface area contributed by atoms with Crippen molar-refractivity contribution in [1.82, 2.24) is 4.90 Å². The van der Waals surface area contributed by atoms with Crippen molar-refractivity contribution in [1.29, 1.82) is 0 Å². The van der Waals surface area contributed by atoms with Crippen molar-refractivity contribution in [3.8, 4) is 0 Å². The predicted octanol–water partition coefficient (Wildman–Crippen LogP) is 1.56. The molecule has 3 nitrogen and oxygen atoms in total. The van der Waals surface area contributed by atoms with Crippen molar-refractivity contribution in [3.05, 3.63) is 17.6 Å². The second-order valence-corrected chi connectivity index (χ2v) is 4.12. The first-order valence-corrected chi connectivity index (χ1v) is 6.94. The molecule has 0 aromatic rings. The molecule has 6 heteroatoms. The van der Waals surface area contributed by atoms with Crippen molar-refractivity contribution in [2.45, 2.75) is 19.9 Å². The third-order valence-corrected chi connectivity index (χ3v) is 2.51. The summed E-state index contributed by atoms with van der Waals surface area (Å²) < 4.78 is 8.22. The van der Waals surface area contributed by atoms with E-state index in [4.69, 9.17) is 28.8 Å². The van der Waals surface area contributed by atoms with E-state index in [1.807, 2.05) is 0 Å². The van der Waals surface area contributed by atoms with E-state index >= 15 is 0 Å². The molecule has 0 aliphatic rings. The van der Waals surface area contributed by atoms with E-state index in [1.165, 1.54) is 0 Å². The fraction of sp³-hybridized carbons (Fsp3) is 0.800. The third kappa shape index (κ3) is 11.1. The molecule has 0 saturated carbocycles. The molecule has 0 aliphatic heterocycles. The summed E-state index contributed by atoms with van der Waals surface area (Å²) in [6.07, 6.45) is 0. The molecule has 0 fully saturated rings. The zero-order chi connectivity index (χ0) is 13.0. The van der Waals surface area contributed by atoms with Crippen LogP contribution in [-0.2, 0) is 47.6 Å². The van der Waals surface area contributed by atoms with Crippen LogP contribution in [0.1, 0.15) is 13.8 Å². The van der Waals surface area contributed by atoms with Gasteiger partial charge in [-0.25, -0.2) is 0 Å². The van der Waals surface area contributed by atoms with Gasteiger partial charge in [-0.15, -0.1) is 13.1 Å². The monoisotopic (exact) mass is 344 g/mol. The first-order valence-electron chi connectivity index (χ1n) is 5.02. The summed E-state index contributed by atoms with van der Waals surface area (Å²) in [5.41, 5.74) is 0.807. The van der Waals surface area contributed by atoms with Crippen LogP contribution in [0.4, 0.5) is 0 Å². The van der Waals surface area contributed by atoms with Crippen molar-refractivity contribution in [2.75, 3.05) is 31.1 Å². The quantitative estimate of drug-likeness (QED) is 0.626. The second-order valence-electron chi connectivity index (χ2n) is 3.43. The molecular weight excluding hydrogens is 326 g/mol. The van der Waals surface area contributed by atoms with Gasteiger partial charge in [-0.1, -0.05) is 0 Å². The van der Waals surface area contributed by atoms with Gasteiger partial charge in [0.25, 0.3) is 0 Å². The molecule has 0 atom stereocenters. The molecule has 0 heterocycles. The maximum absolute atomic E-state index is 8.22. The van der Waals surface area contributed by atoms with E-state index in [1.54, 1.807) is 0 Å². The van der Waals surface area contributed by atoms with Crippen LogP contribution in [0.25, 0.3) is 5.32 Å². The molecular formula is C10H19N2OS2Tc+. The van der Waals surface area contributed by atoms with Gasteiger partial charge in [0.05, 0.1) is 0 Å². The van der Waals surface area contributed by atoms with Crippen LogP contribution in [0, 0.1) is 0 Å². The second kappa shape index (κ2) is 13.7. The molecule has 0 radical (unpaired) electrons. The molecule has 0 bridgehead atoms. The van der Waals surface area contributed by atoms with E-state index in [-0.39, 0.29) is 0 Å². The van der Waals surface area contributed by atoms with Gasteiger partial charge in [0.1, 0.15) is 0 Å². The molecule has 0 unspecified atom stereocenters. The van der Waals surface area contributed by atoms with Crippen LogP contribution >= 0.6 is 0 Å². The summed E-state index contributed by atoms with van der Waals surface area (Å²) in [6, 6.07) is 0.532. The van der Waals surface area contributed by atoms with E-state index in [0.29, 0.717) is 11.8 Å².